The van der Waals surface area contributed by atoms with Gasteiger partial charge in [0.05, 0.1) is 28.8 Å². The summed E-state index contributed by atoms with van der Waals surface area (Å²) >= 11 is 7.24. The van der Waals surface area contributed by atoms with Gasteiger partial charge in [0, 0.05) is 23.8 Å². The molecule has 0 fully saturated rings. The number of aromatic nitrogens is 4. The number of carbonyl (C=O) groups is 1. The van der Waals surface area contributed by atoms with E-state index in [4.69, 9.17) is 27.8 Å². The Bertz CT molecular complexity index is 1200. The summed E-state index contributed by atoms with van der Waals surface area (Å²) in [6, 6.07) is 7.31. The van der Waals surface area contributed by atoms with Crippen LogP contribution in [0.1, 0.15) is 15.4 Å². The molecule has 0 aliphatic heterocycles. The van der Waals surface area contributed by atoms with Gasteiger partial charge in [-0.3, -0.25) is 4.79 Å². The van der Waals surface area contributed by atoms with E-state index in [1.807, 2.05) is 23.9 Å². The lowest BCUT2D eigenvalue weighted by Gasteiger charge is -2.08. The molecule has 1 amide bonds. The third kappa shape index (κ3) is 3.37. The number of thiophene rings is 1. The van der Waals surface area contributed by atoms with Crippen molar-refractivity contribution in [2.24, 2.45) is 12.8 Å². The van der Waals surface area contributed by atoms with Gasteiger partial charge in [-0.1, -0.05) is 23.7 Å². The number of hydrogen-bond donors (Lipinski definition) is 2. The number of halogens is 1. The summed E-state index contributed by atoms with van der Waals surface area (Å²) < 4.78 is 7.55. The van der Waals surface area contributed by atoms with Crippen LogP contribution in [0.15, 0.2) is 36.8 Å². The SMILES string of the molecule is Cn1cnc(COc2nc(-c3cccc(Cl)c3)c3c(N)c(C(N)=O)sc3n2)c1. The Labute approximate surface area is 168 Å². The minimum atomic E-state index is -0.617. The van der Waals surface area contributed by atoms with E-state index in [2.05, 4.69) is 15.0 Å². The van der Waals surface area contributed by atoms with Crippen molar-refractivity contribution in [2.45, 2.75) is 6.61 Å². The fourth-order valence-corrected chi connectivity index (χ4v) is 3.90. The molecule has 0 atom stereocenters. The average Bonchev–Trinajstić information content (AvgIpc) is 3.22. The second-order valence-electron chi connectivity index (χ2n) is 6.07. The zero-order valence-electron chi connectivity index (χ0n) is 14.7. The molecule has 8 nitrogen and oxygen atoms in total. The van der Waals surface area contributed by atoms with Gasteiger partial charge in [-0.15, -0.1) is 11.3 Å². The lowest BCUT2D eigenvalue weighted by molar-refractivity contribution is 0.100. The Morgan fingerprint density at radius 1 is 1.36 bits per heavy atom. The van der Waals surface area contributed by atoms with Gasteiger partial charge < -0.3 is 20.8 Å². The van der Waals surface area contributed by atoms with E-state index in [0.717, 1.165) is 22.6 Å². The quantitative estimate of drug-likeness (QED) is 0.517. The van der Waals surface area contributed by atoms with Crippen molar-refractivity contribution in [3.05, 3.63) is 52.4 Å². The van der Waals surface area contributed by atoms with Crippen molar-refractivity contribution in [3.8, 4) is 17.3 Å². The molecule has 0 spiro atoms. The summed E-state index contributed by atoms with van der Waals surface area (Å²) in [6.45, 7) is 0.199. The summed E-state index contributed by atoms with van der Waals surface area (Å²) in [5.74, 6) is -0.617. The van der Waals surface area contributed by atoms with Crippen LogP contribution in [0.5, 0.6) is 6.01 Å². The summed E-state index contributed by atoms with van der Waals surface area (Å²) in [4.78, 5) is 25.6. The van der Waals surface area contributed by atoms with Crippen molar-refractivity contribution in [1.82, 2.24) is 19.5 Å². The molecule has 0 saturated carbocycles. The number of primary amides is 1. The third-order valence-corrected chi connectivity index (χ3v) is 5.35. The highest BCUT2D eigenvalue weighted by Gasteiger charge is 2.21. The van der Waals surface area contributed by atoms with Crippen LogP contribution in [0, 0.1) is 0 Å². The Morgan fingerprint density at radius 2 is 2.18 bits per heavy atom. The van der Waals surface area contributed by atoms with E-state index in [1.165, 1.54) is 0 Å². The van der Waals surface area contributed by atoms with E-state index in [1.54, 1.807) is 24.5 Å². The first-order valence-corrected chi connectivity index (χ1v) is 9.37. The van der Waals surface area contributed by atoms with Gasteiger partial charge in [0.15, 0.2) is 0 Å². The van der Waals surface area contributed by atoms with Crippen LogP contribution in [0.25, 0.3) is 21.5 Å². The minimum absolute atomic E-state index is 0.144. The fourth-order valence-electron chi connectivity index (χ4n) is 2.77. The Kier molecular flexibility index (Phi) is 4.62. The van der Waals surface area contributed by atoms with Crippen molar-refractivity contribution < 1.29 is 9.53 Å². The Hall–Kier alpha value is -3.17. The molecule has 10 heteroatoms. The fraction of sp³-hybridized carbons (Fsp3) is 0.111. The highest BCUT2D eigenvalue weighted by molar-refractivity contribution is 7.21. The third-order valence-electron chi connectivity index (χ3n) is 4.00. The van der Waals surface area contributed by atoms with Crippen LogP contribution in [0.4, 0.5) is 5.69 Å². The first-order chi connectivity index (χ1) is 13.4. The Morgan fingerprint density at radius 3 is 2.86 bits per heavy atom. The second kappa shape index (κ2) is 7.10. The number of nitrogens with zero attached hydrogens (tertiary/aromatic N) is 4. The number of ether oxygens (including phenoxy) is 1. The molecule has 3 heterocycles. The largest absolute Gasteiger partial charge is 0.457 e. The summed E-state index contributed by atoms with van der Waals surface area (Å²) in [5.41, 5.74) is 13.9. The van der Waals surface area contributed by atoms with Crippen molar-refractivity contribution in [3.63, 3.8) is 0 Å². The van der Waals surface area contributed by atoms with Crippen molar-refractivity contribution >= 4 is 44.7 Å². The molecule has 1 aromatic carbocycles. The maximum Gasteiger partial charge on any atom is 0.318 e. The molecule has 4 N–H and O–H groups in total. The summed E-state index contributed by atoms with van der Waals surface area (Å²) in [7, 11) is 1.87. The maximum absolute atomic E-state index is 11.7. The van der Waals surface area contributed by atoms with Gasteiger partial charge in [-0.05, 0) is 12.1 Å². The van der Waals surface area contributed by atoms with Crippen molar-refractivity contribution in [2.75, 3.05) is 5.73 Å². The lowest BCUT2D eigenvalue weighted by Crippen LogP contribution is -2.10. The molecule has 4 aromatic rings. The number of benzene rings is 1. The molecule has 0 bridgehead atoms. The molecule has 28 heavy (non-hydrogen) atoms. The lowest BCUT2D eigenvalue weighted by atomic mass is 10.1. The molecule has 142 valence electrons. The number of hydrogen-bond acceptors (Lipinski definition) is 7. The van der Waals surface area contributed by atoms with Crippen LogP contribution >= 0.6 is 22.9 Å². The van der Waals surface area contributed by atoms with Crippen LogP contribution in [-0.4, -0.2) is 25.4 Å². The van der Waals surface area contributed by atoms with E-state index < -0.39 is 5.91 Å². The summed E-state index contributed by atoms with van der Waals surface area (Å²) in [6.07, 6.45) is 3.52. The van der Waals surface area contributed by atoms with Crippen LogP contribution in [-0.2, 0) is 13.7 Å². The number of carbonyl (C=O) groups excluding carboxylic acids is 1. The number of anilines is 1. The standard InChI is InChI=1S/C18H15ClN6O2S/c1-25-6-11(22-8-25)7-27-18-23-14(9-3-2-4-10(19)5-9)12-13(20)15(16(21)26)28-17(12)24-18/h2-6,8H,7,20H2,1H3,(H2,21,26). The first kappa shape index (κ1) is 18.2. The molecular formula is C18H15ClN6O2S. The van der Waals surface area contributed by atoms with Gasteiger partial charge in [-0.25, -0.2) is 4.98 Å². The number of rotatable bonds is 5. The number of amides is 1. The molecule has 0 radical (unpaired) electrons. The minimum Gasteiger partial charge on any atom is -0.457 e. The monoisotopic (exact) mass is 414 g/mol. The summed E-state index contributed by atoms with van der Waals surface area (Å²) in [5, 5.41) is 1.09. The first-order valence-electron chi connectivity index (χ1n) is 8.17. The zero-order chi connectivity index (χ0) is 19.8. The van der Waals surface area contributed by atoms with E-state index in [0.29, 0.717) is 20.9 Å². The maximum atomic E-state index is 11.7. The smallest absolute Gasteiger partial charge is 0.318 e. The molecule has 0 aliphatic carbocycles. The molecule has 3 aromatic heterocycles. The number of nitrogen functional groups attached to an aromatic ring is 1. The molecule has 4 rings (SSSR count). The van der Waals surface area contributed by atoms with Crippen molar-refractivity contribution in [1.29, 1.82) is 0 Å². The van der Waals surface area contributed by atoms with E-state index in [-0.39, 0.29) is 23.2 Å². The molecule has 0 unspecified atom stereocenters. The van der Waals surface area contributed by atoms with Crippen LogP contribution in [0.2, 0.25) is 5.02 Å². The van der Waals surface area contributed by atoms with Crippen LogP contribution < -0.4 is 16.2 Å². The predicted molar refractivity (Wildman–Crippen MR) is 108 cm³/mol. The van der Waals surface area contributed by atoms with Gasteiger partial charge >= 0.3 is 6.01 Å². The van der Waals surface area contributed by atoms with Gasteiger partial charge in [0.25, 0.3) is 5.91 Å². The van der Waals surface area contributed by atoms with E-state index >= 15 is 0 Å². The number of nitrogens with two attached hydrogens (primary N) is 2. The second-order valence-corrected chi connectivity index (χ2v) is 7.51. The predicted octanol–water partition coefficient (Wildman–Crippen LogP) is 3.01. The molecular weight excluding hydrogens is 400 g/mol. The average molecular weight is 415 g/mol. The van der Waals surface area contributed by atoms with E-state index in [9.17, 15) is 4.79 Å². The highest BCUT2D eigenvalue weighted by Crippen LogP contribution is 2.39. The molecule has 0 saturated heterocycles. The number of fused-ring (bicyclic) bond motifs is 1. The highest BCUT2D eigenvalue weighted by atomic mass is 35.5. The number of imidazole rings is 1. The van der Waals surface area contributed by atoms with Crippen LogP contribution in [0.3, 0.4) is 0 Å². The van der Waals surface area contributed by atoms with Gasteiger partial charge in [0.1, 0.15) is 16.3 Å². The normalized spacial score (nSPS) is 11.1. The zero-order valence-corrected chi connectivity index (χ0v) is 16.3. The Balaban J connectivity index is 1.84. The topological polar surface area (TPSA) is 122 Å². The number of aryl methyl sites for hydroxylation is 1. The molecule has 0 aliphatic rings. The van der Waals surface area contributed by atoms with Gasteiger partial charge in [0.2, 0.25) is 0 Å². The van der Waals surface area contributed by atoms with Gasteiger partial charge in [-0.2, -0.15) is 9.97 Å².